The maximum Gasteiger partial charge on any atom is 0.133 e. The van der Waals surface area contributed by atoms with Crippen LogP contribution in [0.3, 0.4) is 0 Å². The summed E-state index contributed by atoms with van der Waals surface area (Å²) >= 11 is 12.2. The molecule has 0 aliphatic carbocycles. The van der Waals surface area contributed by atoms with Crippen LogP contribution >= 0.6 is 23.2 Å². The van der Waals surface area contributed by atoms with Gasteiger partial charge in [0.2, 0.25) is 0 Å². The summed E-state index contributed by atoms with van der Waals surface area (Å²) in [5.74, 6) is 1.87. The average Bonchev–Trinajstić information content (AvgIpc) is 2.95. The molecule has 19 heavy (non-hydrogen) atoms. The van der Waals surface area contributed by atoms with Crippen molar-refractivity contribution in [3.63, 3.8) is 0 Å². The van der Waals surface area contributed by atoms with Crippen LogP contribution in [0.2, 0.25) is 5.02 Å². The summed E-state index contributed by atoms with van der Waals surface area (Å²) in [7, 11) is 0. The van der Waals surface area contributed by atoms with E-state index in [-0.39, 0.29) is 0 Å². The Morgan fingerprint density at radius 1 is 1.37 bits per heavy atom. The van der Waals surface area contributed by atoms with Gasteiger partial charge in [0.05, 0.1) is 28.5 Å². The van der Waals surface area contributed by atoms with E-state index in [1.54, 1.807) is 0 Å². The number of nitrogens with zero attached hydrogens (tertiary/aromatic N) is 3. The van der Waals surface area contributed by atoms with E-state index < -0.39 is 0 Å². The molecule has 2 aromatic heterocycles. The largest absolute Gasteiger partial charge is 0.361 e. The van der Waals surface area contributed by atoms with Gasteiger partial charge in [-0.2, -0.15) is 0 Å². The maximum atomic E-state index is 6.26. The molecule has 3 aromatic rings. The van der Waals surface area contributed by atoms with Crippen LogP contribution < -0.4 is 0 Å². The Labute approximate surface area is 119 Å². The van der Waals surface area contributed by atoms with Gasteiger partial charge in [-0.15, -0.1) is 11.6 Å². The fourth-order valence-electron chi connectivity index (χ4n) is 2.12. The number of alkyl halides is 1. The Balaban J connectivity index is 2.15. The predicted octanol–water partition coefficient (Wildman–Crippen LogP) is 3.77. The van der Waals surface area contributed by atoms with Crippen LogP contribution in [0.4, 0.5) is 0 Å². The lowest BCUT2D eigenvalue weighted by molar-refractivity contribution is 0.389. The van der Waals surface area contributed by atoms with Gasteiger partial charge < -0.3 is 9.09 Å². The Morgan fingerprint density at radius 3 is 2.89 bits per heavy atom. The standard InChI is InChI=1S/C13H11Cl2N3O/c1-8-5-9(17-19-8)7-18-12(6-14)16-11-4-2-3-10(15)13(11)18/h2-5H,6-7H2,1H3. The topological polar surface area (TPSA) is 43.9 Å². The first kappa shape index (κ1) is 12.5. The number of para-hydroxylation sites is 1. The highest BCUT2D eigenvalue weighted by Gasteiger charge is 2.14. The number of fused-ring (bicyclic) bond motifs is 1. The minimum Gasteiger partial charge on any atom is -0.361 e. The van der Waals surface area contributed by atoms with Crippen molar-refractivity contribution in [2.75, 3.05) is 0 Å². The van der Waals surface area contributed by atoms with E-state index in [0.717, 1.165) is 28.3 Å². The normalized spacial score (nSPS) is 11.3. The van der Waals surface area contributed by atoms with Crippen molar-refractivity contribution in [2.45, 2.75) is 19.3 Å². The van der Waals surface area contributed by atoms with E-state index in [1.165, 1.54) is 0 Å². The summed E-state index contributed by atoms with van der Waals surface area (Å²) in [4.78, 5) is 4.48. The molecule has 0 bridgehead atoms. The third-order valence-electron chi connectivity index (χ3n) is 2.91. The molecule has 3 rings (SSSR count). The molecule has 6 heteroatoms. The number of aromatic nitrogens is 3. The lowest BCUT2D eigenvalue weighted by Crippen LogP contribution is -2.04. The Bertz CT molecular complexity index is 733. The van der Waals surface area contributed by atoms with Crippen molar-refractivity contribution >= 4 is 34.2 Å². The van der Waals surface area contributed by atoms with Gasteiger partial charge >= 0.3 is 0 Å². The molecule has 0 radical (unpaired) electrons. The van der Waals surface area contributed by atoms with Gasteiger partial charge in [-0.1, -0.05) is 22.8 Å². The Morgan fingerprint density at radius 2 is 2.21 bits per heavy atom. The number of rotatable bonds is 3. The van der Waals surface area contributed by atoms with Crippen molar-refractivity contribution in [2.24, 2.45) is 0 Å². The van der Waals surface area contributed by atoms with Crippen LogP contribution in [0, 0.1) is 6.92 Å². The van der Waals surface area contributed by atoms with E-state index in [1.807, 2.05) is 35.8 Å². The number of benzene rings is 1. The van der Waals surface area contributed by atoms with Crippen molar-refractivity contribution < 1.29 is 4.52 Å². The quantitative estimate of drug-likeness (QED) is 0.691. The minimum absolute atomic E-state index is 0.321. The summed E-state index contributed by atoms with van der Waals surface area (Å²) in [6.07, 6.45) is 0. The lowest BCUT2D eigenvalue weighted by atomic mass is 10.3. The molecule has 0 N–H and O–H groups in total. The summed E-state index contributed by atoms with van der Waals surface area (Å²) in [6.45, 7) is 2.40. The number of hydrogen-bond acceptors (Lipinski definition) is 3. The molecule has 0 aliphatic heterocycles. The van der Waals surface area contributed by atoms with Gasteiger partial charge in [-0.05, 0) is 19.1 Å². The second-order valence-electron chi connectivity index (χ2n) is 4.28. The van der Waals surface area contributed by atoms with Crippen LogP contribution in [0.1, 0.15) is 17.3 Å². The van der Waals surface area contributed by atoms with E-state index in [4.69, 9.17) is 27.7 Å². The fraction of sp³-hybridized carbons (Fsp3) is 0.231. The van der Waals surface area contributed by atoms with Crippen molar-refractivity contribution in [1.29, 1.82) is 0 Å². The van der Waals surface area contributed by atoms with E-state index in [2.05, 4.69) is 10.1 Å². The summed E-state index contributed by atoms with van der Waals surface area (Å²) in [5.41, 5.74) is 2.53. The van der Waals surface area contributed by atoms with Crippen LogP contribution in [0.5, 0.6) is 0 Å². The molecular formula is C13H11Cl2N3O. The summed E-state index contributed by atoms with van der Waals surface area (Å²) in [6, 6.07) is 7.52. The zero-order valence-electron chi connectivity index (χ0n) is 10.2. The summed E-state index contributed by atoms with van der Waals surface area (Å²) < 4.78 is 7.05. The molecule has 0 unspecified atom stereocenters. The van der Waals surface area contributed by atoms with Gasteiger partial charge in [-0.3, -0.25) is 0 Å². The first-order chi connectivity index (χ1) is 9.19. The maximum absolute atomic E-state index is 6.26. The van der Waals surface area contributed by atoms with Crippen molar-refractivity contribution in [3.8, 4) is 0 Å². The predicted molar refractivity (Wildman–Crippen MR) is 74.6 cm³/mol. The van der Waals surface area contributed by atoms with Gasteiger partial charge in [0, 0.05) is 6.07 Å². The highest BCUT2D eigenvalue weighted by atomic mass is 35.5. The zero-order valence-corrected chi connectivity index (χ0v) is 11.7. The fourth-order valence-corrected chi connectivity index (χ4v) is 2.59. The van der Waals surface area contributed by atoms with E-state index in [0.29, 0.717) is 17.4 Å². The second-order valence-corrected chi connectivity index (χ2v) is 4.96. The minimum atomic E-state index is 0.321. The number of halogens is 2. The molecule has 2 heterocycles. The molecule has 0 amide bonds. The zero-order chi connectivity index (χ0) is 13.4. The van der Waals surface area contributed by atoms with E-state index >= 15 is 0 Å². The van der Waals surface area contributed by atoms with E-state index in [9.17, 15) is 0 Å². The van der Waals surface area contributed by atoms with Gasteiger partial charge in [-0.25, -0.2) is 4.98 Å². The lowest BCUT2D eigenvalue weighted by Gasteiger charge is -2.05. The van der Waals surface area contributed by atoms with Crippen LogP contribution in [0.15, 0.2) is 28.8 Å². The molecule has 0 saturated heterocycles. The van der Waals surface area contributed by atoms with Crippen LogP contribution in [0.25, 0.3) is 11.0 Å². The van der Waals surface area contributed by atoms with Crippen LogP contribution in [-0.4, -0.2) is 14.7 Å². The number of imidazole rings is 1. The molecule has 0 fully saturated rings. The molecule has 0 atom stereocenters. The number of hydrogen-bond donors (Lipinski definition) is 0. The monoisotopic (exact) mass is 295 g/mol. The SMILES string of the molecule is Cc1cc(Cn2c(CCl)nc3cccc(Cl)c32)no1. The van der Waals surface area contributed by atoms with Crippen LogP contribution in [-0.2, 0) is 12.4 Å². The second kappa shape index (κ2) is 4.87. The van der Waals surface area contributed by atoms with Crippen molar-refractivity contribution in [3.05, 3.63) is 46.6 Å². The Hall–Kier alpha value is -1.52. The van der Waals surface area contributed by atoms with Gasteiger partial charge in [0.15, 0.2) is 0 Å². The summed E-state index contributed by atoms with van der Waals surface area (Å²) in [5, 5.41) is 4.65. The van der Waals surface area contributed by atoms with Gasteiger partial charge in [0.1, 0.15) is 17.3 Å². The molecular weight excluding hydrogens is 285 g/mol. The molecule has 0 aliphatic rings. The molecule has 0 saturated carbocycles. The molecule has 1 aromatic carbocycles. The molecule has 98 valence electrons. The number of aryl methyl sites for hydroxylation is 1. The molecule has 0 spiro atoms. The third kappa shape index (κ3) is 2.22. The third-order valence-corrected chi connectivity index (χ3v) is 3.46. The smallest absolute Gasteiger partial charge is 0.133 e. The Kier molecular flexibility index (Phi) is 3.21. The van der Waals surface area contributed by atoms with Gasteiger partial charge in [0.25, 0.3) is 0 Å². The highest BCUT2D eigenvalue weighted by molar-refractivity contribution is 6.35. The van der Waals surface area contributed by atoms with Crippen molar-refractivity contribution in [1.82, 2.24) is 14.7 Å². The average molecular weight is 296 g/mol. The molecule has 4 nitrogen and oxygen atoms in total. The first-order valence-corrected chi connectivity index (χ1v) is 6.72. The highest BCUT2D eigenvalue weighted by Crippen LogP contribution is 2.26. The first-order valence-electron chi connectivity index (χ1n) is 5.81.